The first kappa shape index (κ1) is 14.9. The van der Waals surface area contributed by atoms with E-state index in [0.717, 1.165) is 6.26 Å². The molecule has 1 aromatic heterocycles. The average Bonchev–Trinajstić information content (AvgIpc) is 2.36. The first-order valence-corrected chi connectivity index (χ1v) is 7.29. The van der Waals surface area contributed by atoms with E-state index in [-0.39, 0.29) is 23.8 Å². The molecule has 104 valence electrons. The second-order valence-electron chi connectivity index (χ2n) is 3.80. The molecule has 0 atom stereocenters. The highest BCUT2D eigenvalue weighted by Crippen LogP contribution is 2.00. The van der Waals surface area contributed by atoms with Crippen LogP contribution in [0.2, 0.25) is 0 Å². The number of sulfone groups is 1. The number of hydrogen-bond acceptors (Lipinski definition) is 6. The van der Waals surface area contributed by atoms with Crippen LogP contribution in [-0.2, 0) is 9.84 Å². The van der Waals surface area contributed by atoms with Crippen molar-refractivity contribution >= 4 is 21.6 Å². The van der Waals surface area contributed by atoms with Crippen molar-refractivity contribution in [3.8, 4) is 0 Å². The normalized spacial score (nSPS) is 12.2. The van der Waals surface area contributed by atoms with E-state index in [4.69, 9.17) is 10.9 Å². The molecule has 0 saturated heterocycles. The van der Waals surface area contributed by atoms with Gasteiger partial charge in [0, 0.05) is 24.6 Å². The van der Waals surface area contributed by atoms with Gasteiger partial charge >= 0.3 is 0 Å². The van der Waals surface area contributed by atoms with Gasteiger partial charge in [0.1, 0.15) is 15.5 Å². The summed E-state index contributed by atoms with van der Waals surface area (Å²) in [6.07, 6.45) is 2.36. The van der Waals surface area contributed by atoms with Crippen molar-refractivity contribution in [3.63, 3.8) is 0 Å². The summed E-state index contributed by atoms with van der Waals surface area (Å²) in [5.74, 6) is -0.743. The molecule has 0 spiro atoms. The molecule has 1 amide bonds. The Morgan fingerprint density at radius 1 is 1.53 bits per heavy atom. The Labute approximate surface area is 110 Å². The minimum atomic E-state index is -3.12. The standard InChI is InChI=1S/C10H14N4O4S/c1-19(17,18)5-4-12-10(15)8-3-2-7(6-13-8)9(11)14-16/h2-3,6,16H,4-5H2,1H3,(H2,11,14)(H,12,15). The van der Waals surface area contributed by atoms with Crippen molar-refractivity contribution < 1.29 is 18.4 Å². The zero-order valence-corrected chi connectivity index (χ0v) is 11.0. The molecular formula is C10H14N4O4S. The van der Waals surface area contributed by atoms with Crippen LogP contribution in [0, 0.1) is 0 Å². The maximum absolute atomic E-state index is 11.6. The lowest BCUT2D eigenvalue weighted by Gasteiger charge is -2.04. The van der Waals surface area contributed by atoms with Crippen LogP contribution in [0.5, 0.6) is 0 Å². The molecule has 0 unspecified atom stereocenters. The highest BCUT2D eigenvalue weighted by molar-refractivity contribution is 7.90. The van der Waals surface area contributed by atoms with Crippen LogP contribution in [0.4, 0.5) is 0 Å². The van der Waals surface area contributed by atoms with Crippen LogP contribution in [0.3, 0.4) is 0 Å². The summed E-state index contributed by atoms with van der Waals surface area (Å²) in [4.78, 5) is 15.4. The molecule has 4 N–H and O–H groups in total. The Balaban J connectivity index is 2.63. The fourth-order valence-electron chi connectivity index (χ4n) is 1.18. The van der Waals surface area contributed by atoms with Gasteiger partial charge in [0.15, 0.2) is 5.84 Å². The Hall–Kier alpha value is -2.16. The van der Waals surface area contributed by atoms with Crippen molar-refractivity contribution in [1.82, 2.24) is 10.3 Å². The van der Waals surface area contributed by atoms with Gasteiger partial charge in [0.2, 0.25) is 0 Å². The molecule has 0 aliphatic carbocycles. The van der Waals surface area contributed by atoms with Gasteiger partial charge in [-0.3, -0.25) is 9.78 Å². The summed E-state index contributed by atoms with van der Waals surface area (Å²) in [7, 11) is -3.12. The number of nitrogens with two attached hydrogens (primary N) is 1. The minimum absolute atomic E-state index is 0.0152. The van der Waals surface area contributed by atoms with Crippen LogP contribution < -0.4 is 11.1 Å². The van der Waals surface area contributed by atoms with Crippen molar-refractivity contribution in [2.45, 2.75) is 0 Å². The Morgan fingerprint density at radius 2 is 2.21 bits per heavy atom. The summed E-state index contributed by atoms with van der Waals surface area (Å²) in [5, 5.41) is 13.7. The number of aromatic nitrogens is 1. The number of carbonyl (C=O) groups is 1. The van der Waals surface area contributed by atoms with Crippen LogP contribution in [0.15, 0.2) is 23.5 Å². The maximum Gasteiger partial charge on any atom is 0.269 e. The van der Waals surface area contributed by atoms with E-state index in [1.807, 2.05) is 0 Å². The predicted octanol–water partition coefficient (Wildman–Crippen LogP) is -1.05. The fourth-order valence-corrected chi connectivity index (χ4v) is 1.65. The molecule has 0 saturated carbocycles. The highest BCUT2D eigenvalue weighted by Gasteiger charge is 2.09. The van der Waals surface area contributed by atoms with Gasteiger partial charge < -0.3 is 16.3 Å². The smallest absolute Gasteiger partial charge is 0.269 e. The molecule has 1 rings (SSSR count). The topological polar surface area (TPSA) is 135 Å². The van der Waals surface area contributed by atoms with E-state index in [0.29, 0.717) is 5.56 Å². The third-order valence-electron chi connectivity index (χ3n) is 2.16. The summed E-state index contributed by atoms with van der Waals surface area (Å²) < 4.78 is 21.8. The third kappa shape index (κ3) is 4.92. The van der Waals surface area contributed by atoms with Gasteiger partial charge in [-0.25, -0.2) is 8.42 Å². The quantitative estimate of drug-likeness (QED) is 0.273. The number of amides is 1. The Kier molecular flexibility index (Phi) is 4.81. The van der Waals surface area contributed by atoms with Gasteiger partial charge in [-0.05, 0) is 12.1 Å². The largest absolute Gasteiger partial charge is 0.409 e. The molecular weight excluding hydrogens is 272 g/mol. The molecule has 1 aromatic rings. The number of oxime groups is 1. The lowest BCUT2D eigenvalue weighted by atomic mass is 10.2. The minimum Gasteiger partial charge on any atom is -0.409 e. The fraction of sp³-hybridized carbons (Fsp3) is 0.300. The third-order valence-corrected chi connectivity index (χ3v) is 3.10. The van der Waals surface area contributed by atoms with E-state index in [2.05, 4.69) is 15.5 Å². The second-order valence-corrected chi connectivity index (χ2v) is 6.06. The molecule has 0 aliphatic rings. The number of hydrogen-bond donors (Lipinski definition) is 3. The molecule has 1 heterocycles. The number of amidine groups is 1. The summed E-state index contributed by atoms with van der Waals surface area (Å²) in [5.41, 5.74) is 5.83. The molecule has 0 fully saturated rings. The van der Waals surface area contributed by atoms with Crippen molar-refractivity contribution in [1.29, 1.82) is 0 Å². The van der Waals surface area contributed by atoms with E-state index in [1.54, 1.807) is 0 Å². The number of pyridine rings is 1. The van der Waals surface area contributed by atoms with Gasteiger partial charge in [-0.15, -0.1) is 0 Å². The van der Waals surface area contributed by atoms with Gasteiger partial charge in [-0.1, -0.05) is 5.16 Å². The molecule has 0 radical (unpaired) electrons. The Morgan fingerprint density at radius 3 is 2.68 bits per heavy atom. The summed E-state index contributed by atoms with van der Waals surface area (Å²) in [6, 6.07) is 2.86. The van der Waals surface area contributed by atoms with E-state index in [1.165, 1.54) is 18.3 Å². The van der Waals surface area contributed by atoms with Crippen molar-refractivity contribution in [2.75, 3.05) is 18.6 Å². The van der Waals surface area contributed by atoms with E-state index >= 15 is 0 Å². The van der Waals surface area contributed by atoms with Gasteiger partial charge in [0.05, 0.1) is 5.75 Å². The van der Waals surface area contributed by atoms with Crippen molar-refractivity contribution in [2.24, 2.45) is 10.9 Å². The predicted molar refractivity (Wildman–Crippen MR) is 68.8 cm³/mol. The first-order chi connectivity index (χ1) is 8.83. The molecule has 0 aromatic carbocycles. The van der Waals surface area contributed by atoms with Gasteiger partial charge in [-0.2, -0.15) is 0 Å². The second kappa shape index (κ2) is 6.14. The SMILES string of the molecule is CS(=O)(=O)CCNC(=O)c1ccc(C(N)=NO)cn1. The van der Waals surface area contributed by atoms with Crippen LogP contribution in [0.1, 0.15) is 16.1 Å². The van der Waals surface area contributed by atoms with E-state index in [9.17, 15) is 13.2 Å². The maximum atomic E-state index is 11.6. The van der Waals surface area contributed by atoms with Crippen LogP contribution in [0.25, 0.3) is 0 Å². The molecule has 8 nitrogen and oxygen atoms in total. The molecule has 19 heavy (non-hydrogen) atoms. The molecule has 0 aliphatic heterocycles. The number of rotatable bonds is 5. The highest BCUT2D eigenvalue weighted by atomic mass is 32.2. The number of carbonyl (C=O) groups excluding carboxylic acids is 1. The summed E-state index contributed by atoms with van der Waals surface area (Å²) in [6.45, 7) is 0.0152. The average molecular weight is 286 g/mol. The first-order valence-electron chi connectivity index (χ1n) is 5.23. The zero-order chi connectivity index (χ0) is 14.5. The van der Waals surface area contributed by atoms with E-state index < -0.39 is 15.7 Å². The van der Waals surface area contributed by atoms with Crippen LogP contribution in [-0.4, -0.2) is 48.9 Å². The zero-order valence-electron chi connectivity index (χ0n) is 10.2. The van der Waals surface area contributed by atoms with Crippen molar-refractivity contribution in [3.05, 3.63) is 29.6 Å². The monoisotopic (exact) mass is 286 g/mol. The lowest BCUT2D eigenvalue weighted by Crippen LogP contribution is -2.29. The van der Waals surface area contributed by atoms with Crippen LogP contribution >= 0.6 is 0 Å². The molecule has 0 bridgehead atoms. The van der Waals surface area contributed by atoms with Gasteiger partial charge in [0.25, 0.3) is 5.91 Å². The number of nitrogens with zero attached hydrogens (tertiary/aromatic N) is 2. The lowest BCUT2D eigenvalue weighted by molar-refractivity contribution is 0.0951. The summed E-state index contributed by atoms with van der Waals surface area (Å²) >= 11 is 0. The molecule has 9 heteroatoms. The Bertz CT molecular complexity index is 580. The number of nitrogens with one attached hydrogen (secondary N) is 1.